The first-order chi connectivity index (χ1) is 17.3. The van der Waals surface area contributed by atoms with Crippen molar-refractivity contribution in [2.45, 2.75) is 25.6 Å². The van der Waals surface area contributed by atoms with E-state index in [9.17, 15) is 23.5 Å². The van der Waals surface area contributed by atoms with Crippen LogP contribution in [-0.2, 0) is 9.53 Å². The Kier molecular flexibility index (Phi) is 7.39. The van der Waals surface area contributed by atoms with Crippen molar-refractivity contribution >= 4 is 41.6 Å². The minimum Gasteiger partial charge on any atom is -0.442 e. The molecule has 3 N–H and O–H groups in total. The van der Waals surface area contributed by atoms with Gasteiger partial charge in [0, 0.05) is 23.0 Å². The van der Waals surface area contributed by atoms with Crippen molar-refractivity contribution in [2.75, 3.05) is 23.3 Å². The largest absolute Gasteiger partial charge is 0.442 e. The summed E-state index contributed by atoms with van der Waals surface area (Å²) in [5, 5.41) is 15.5. The molecule has 11 heteroatoms. The van der Waals surface area contributed by atoms with E-state index in [1.165, 1.54) is 6.08 Å². The molecule has 188 valence electrons. The molecule has 8 nitrogen and oxygen atoms in total. The zero-order valence-electron chi connectivity index (χ0n) is 19.1. The van der Waals surface area contributed by atoms with Gasteiger partial charge in [-0.15, -0.1) is 0 Å². The lowest BCUT2D eigenvalue weighted by molar-refractivity contribution is -0.132. The molecule has 1 saturated heterocycles. The monoisotopic (exact) mass is 500 g/mol. The van der Waals surface area contributed by atoms with Gasteiger partial charge >= 0.3 is 12.5 Å². The van der Waals surface area contributed by atoms with Crippen molar-refractivity contribution < 1.29 is 32.6 Å². The number of hydrogen-bond donors (Lipinski definition) is 3. The maximum absolute atomic E-state index is 15.4. The van der Waals surface area contributed by atoms with E-state index >= 15 is 4.39 Å². The molecule has 0 saturated carbocycles. The van der Waals surface area contributed by atoms with Gasteiger partial charge in [-0.2, -0.15) is 8.78 Å². The molecule has 1 aliphatic carbocycles. The zero-order chi connectivity index (χ0) is 25.8. The fourth-order valence-corrected chi connectivity index (χ4v) is 3.83. The highest BCUT2D eigenvalue weighted by molar-refractivity contribution is 5.91. The zero-order valence-corrected chi connectivity index (χ0v) is 19.1. The Balaban J connectivity index is 1.59. The van der Waals surface area contributed by atoms with Crippen LogP contribution in [0, 0.1) is 5.82 Å². The lowest BCUT2D eigenvalue weighted by atomic mass is 10.1. The number of nitrogens with one attached hydrogen (secondary N) is 2. The molecule has 0 radical (unpaired) electrons. The summed E-state index contributed by atoms with van der Waals surface area (Å²) in [5.74, 6) is -2.17. The molecule has 4 rings (SSSR count). The van der Waals surface area contributed by atoms with Gasteiger partial charge in [-0.05, 0) is 43.4 Å². The number of aromatic nitrogens is 1. The molecule has 2 amide bonds. The van der Waals surface area contributed by atoms with Gasteiger partial charge in [0.2, 0.25) is 0 Å². The second-order valence-electron chi connectivity index (χ2n) is 8.06. The van der Waals surface area contributed by atoms with E-state index in [-0.39, 0.29) is 24.5 Å². The lowest BCUT2D eigenvalue weighted by Gasteiger charge is -2.20. The summed E-state index contributed by atoms with van der Waals surface area (Å²) in [6.45, 7) is 1.37. The Labute approximate surface area is 204 Å². The van der Waals surface area contributed by atoms with Gasteiger partial charge in [-0.3, -0.25) is 14.7 Å². The van der Waals surface area contributed by atoms with E-state index in [1.54, 1.807) is 49.6 Å². The van der Waals surface area contributed by atoms with Crippen LogP contribution in [0.4, 0.5) is 29.3 Å². The first-order valence-corrected chi connectivity index (χ1v) is 11.1. The number of rotatable bonds is 7. The highest BCUT2D eigenvalue weighted by Crippen LogP contribution is 2.32. The highest BCUT2D eigenvalue weighted by atomic mass is 19.3. The van der Waals surface area contributed by atoms with Gasteiger partial charge in [0.25, 0.3) is 5.91 Å². The summed E-state index contributed by atoms with van der Waals surface area (Å²) in [6, 6.07) is 6.26. The van der Waals surface area contributed by atoms with Crippen molar-refractivity contribution in [1.82, 2.24) is 10.3 Å². The number of allylic oxidation sites excluding steroid dienone is 1. The van der Waals surface area contributed by atoms with Crippen LogP contribution in [0.1, 0.15) is 23.7 Å². The molecule has 1 unspecified atom stereocenters. The number of hydrogen-bond acceptors (Lipinski definition) is 6. The number of carbonyl (C=O) groups excluding carboxylic acids is 2. The number of nitrogens with zero attached hydrogens (tertiary/aromatic N) is 2. The number of alkyl halides is 2. The van der Waals surface area contributed by atoms with Crippen LogP contribution in [0.5, 0.6) is 0 Å². The molecule has 2 heterocycles. The molecule has 0 bridgehead atoms. The Morgan fingerprint density at radius 1 is 1.39 bits per heavy atom. The van der Waals surface area contributed by atoms with Gasteiger partial charge in [0.05, 0.1) is 30.2 Å². The molecular weight excluding hydrogens is 477 g/mol. The van der Waals surface area contributed by atoms with E-state index in [2.05, 4.69) is 10.3 Å². The number of carbonyl (C=O) groups is 2. The van der Waals surface area contributed by atoms with Crippen molar-refractivity contribution in [2.24, 2.45) is 0 Å². The average molecular weight is 500 g/mol. The van der Waals surface area contributed by atoms with E-state index in [0.29, 0.717) is 17.0 Å². The first kappa shape index (κ1) is 25.0. The summed E-state index contributed by atoms with van der Waals surface area (Å²) in [6.07, 6.45) is 3.93. The van der Waals surface area contributed by atoms with Crippen LogP contribution in [0.15, 0.2) is 48.3 Å². The quantitative estimate of drug-likeness (QED) is 0.535. The number of anilines is 2. The van der Waals surface area contributed by atoms with Crippen molar-refractivity contribution in [3.63, 3.8) is 0 Å². The minimum absolute atomic E-state index is 0.0672. The van der Waals surface area contributed by atoms with Crippen LogP contribution < -0.4 is 15.5 Å². The number of amides is 2. The van der Waals surface area contributed by atoms with E-state index < -0.39 is 36.5 Å². The Morgan fingerprint density at radius 3 is 2.94 bits per heavy atom. The molecule has 0 spiro atoms. The third kappa shape index (κ3) is 5.41. The van der Waals surface area contributed by atoms with Gasteiger partial charge in [-0.25, -0.2) is 9.18 Å². The van der Waals surface area contributed by atoms with Crippen LogP contribution in [0.2, 0.25) is 0 Å². The van der Waals surface area contributed by atoms with Gasteiger partial charge in [0.15, 0.2) is 0 Å². The smallest absolute Gasteiger partial charge is 0.414 e. The summed E-state index contributed by atoms with van der Waals surface area (Å²) in [7, 11) is 0. The molecular formula is C25H23F3N4O4. The number of halogens is 3. The third-order valence-corrected chi connectivity index (χ3v) is 5.55. The summed E-state index contributed by atoms with van der Waals surface area (Å²) >= 11 is 0. The molecule has 2 atom stereocenters. The first-order valence-electron chi connectivity index (χ1n) is 11.1. The van der Waals surface area contributed by atoms with E-state index in [4.69, 9.17) is 4.74 Å². The predicted octanol–water partition coefficient (Wildman–Crippen LogP) is 3.80. The summed E-state index contributed by atoms with van der Waals surface area (Å²) in [4.78, 5) is 28.9. The summed E-state index contributed by atoms with van der Waals surface area (Å²) in [5.41, 5.74) is 2.38. The van der Waals surface area contributed by atoms with Crippen molar-refractivity contribution in [1.29, 1.82) is 0 Å². The Bertz CT molecular complexity index is 1260. The maximum Gasteiger partial charge on any atom is 0.414 e. The normalized spacial score (nSPS) is 19.2. The number of benzene rings is 1. The van der Waals surface area contributed by atoms with Gasteiger partial charge in [0.1, 0.15) is 18.0 Å². The molecule has 2 aliphatic rings. The predicted molar refractivity (Wildman–Crippen MR) is 129 cm³/mol. The molecule has 36 heavy (non-hydrogen) atoms. The Morgan fingerprint density at radius 2 is 2.19 bits per heavy atom. The lowest BCUT2D eigenvalue weighted by Crippen LogP contribution is -2.37. The van der Waals surface area contributed by atoms with Crippen molar-refractivity contribution in [3.8, 4) is 0 Å². The minimum atomic E-state index is -3.18. The number of fused-ring (bicyclic) bond motifs is 1. The fourth-order valence-electron chi connectivity index (χ4n) is 3.83. The molecule has 1 fully saturated rings. The number of pyridine rings is 1. The second kappa shape index (κ2) is 10.6. The molecule has 1 aromatic carbocycles. The SMILES string of the molecule is C/C=C/c1cc(N2C[C@H](CNC(=O)C(F)F)OC2=O)cc(F)c1NC1=Cc2cccnc2C=CC1O. The van der Waals surface area contributed by atoms with Crippen molar-refractivity contribution in [3.05, 3.63) is 70.9 Å². The van der Waals surface area contributed by atoms with Crippen LogP contribution >= 0.6 is 0 Å². The third-order valence-electron chi connectivity index (χ3n) is 5.55. The standard InChI is InChI=1S/C25H23F3N4O4/c1-2-4-15-9-16(32-13-17(36-25(32)35)12-30-24(34)23(27)28)11-18(26)22(15)31-20-10-14-5-3-8-29-19(14)6-7-21(20)33/h2-11,17,21,23,31,33H,12-13H2,1H3,(H,30,34)/b4-2+/t17-,21?/m0/s1. The number of ether oxygens (including phenoxy) is 1. The highest BCUT2D eigenvalue weighted by Gasteiger charge is 2.34. The maximum atomic E-state index is 15.4. The number of aliphatic hydroxyl groups excluding tert-OH is 1. The number of cyclic esters (lactones) is 1. The topological polar surface area (TPSA) is 104 Å². The van der Waals surface area contributed by atoms with E-state index in [1.807, 2.05) is 11.4 Å². The molecule has 2 aromatic rings. The van der Waals surface area contributed by atoms with Crippen LogP contribution in [0.25, 0.3) is 18.2 Å². The van der Waals surface area contributed by atoms with Gasteiger partial charge < -0.3 is 20.5 Å². The summed E-state index contributed by atoms with van der Waals surface area (Å²) < 4.78 is 45.3. The van der Waals surface area contributed by atoms with Crippen LogP contribution in [0.3, 0.4) is 0 Å². The molecule has 1 aliphatic heterocycles. The van der Waals surface area contributed by atoms with Gasteiger partial charge in [-0.1, -0.05) is 18.2 Å². The van der Waals surface area contributed by atoms with E-state index in [0.717, 1.165) is 16.5 Å². The fraction of sp³-hybridized carbons (Fsp3) is 0.240. The van der Waals surface area contributed by atoms with Crippen LogP contribution in [-0.4, -0.2) is 53.8 Å². The molecule has 1 aromatic heterocycles. The Hall–Kier alpha value is -4.12. The number of aliphatic hydroxyl groups is 1. The second-order valence-corrected chi connectivity index (χ2v) is 8.06. The average Bonchev–Trinajstić information content (AvgIpc) is 3.14.